The third-order valence-electron chi connectivity index (χ3n) is 26.4. The summed E-state index contributed by atoms with van der Waals surface area (Å²) in [6.45, 7) is -0.0491. The Morgan fingerprint density at radius 1 is 0.325 bits per heavy atom. The van der Waals surface area contributed by atoms with Crippen molar-refractivity contribution >= 4 is 53.4 Å². The molecule has 6 aromatic heterocycles. The van der Waals surface area contributed by atoms with Crippen molar-refractivity contribution in [1.29, 1.82) is 0 Å². The SMILES string of the molecule is [2H]C([2H])([2H])c1c[n+](C)c(-c2ccccc2C)cc1-c1ccc2c(c1)C(C)(C([2H])([2H])[2H])c1cc(C([2H])(C)C([2H])([2H])[2H])ccc1-2.[2H]C([2H])([2H])c1c[n+](C)c(-c2ccccc2C)cc1-c1ccc2c(c1)C1(CCCC1)c1cc(C([2H])(C)C([2H])([2H])[2H])ccc1-2.[2H]C([2H])([2H])c1c[n+](C)c(-c2ccccc2C)cc1-c1ccc2c(c1)oc1cc(C)ccc12.[2H]C([2H])([2H])c1c[n+](C)c(-c2ccccc2C)cc1-c1ccc2c(c1)sc1cc(C)ccc12. The summed E-state index contributed by atoms with van der Waals surface area (Å²) in [5.41, 5.74) is 28.9. The first-order valence-corrected chi connectivity index (χ1v) is 44.0. The topological polar surface area (TPSA) is 28.7 Å². The van der Waals surface area contributed by atoms with Gasteiger partial charge in [-0.15, -0.1) is 11.3 Å². The van der Waals surface area contributed by atoms with Crippen LogP contribution in [0, 0.1) is 68.9 Å². The van der Waals surface area contributed by atoms with Gasteiger partial charge in [-0.05, 0) is 294 Å². The number of fused-ring (bicyclic) bond motifs is 14. The molecule has 18 aromatic rings. The summed E-state index contributed by atoms with van der Waals surface area (Å²) in [6.07, 6.45) is 10.9. The van der Waals surface area contributed by atoms with E-state index in [4.69, 9.17) is 35.9 Å². The summed E-state index contributed by atoms with van der Waals surface area (Å²) >= 11 is 1.76. The standard InChI is InChI=1S/C34H36N.C32H34N.C27H24NO.C27H24NS/c1-22(2)25-12-14-28-29-15-13-26(19-32(29)34(31(28)18-25)16-8-9-17-34)30-20-33(35(5)21-24(30)4)27-11-7-6-10-23(27)3;1-20(2)23-12-14-26-27-15-13-24(17-30(27)32(5,6)29(26)16-23)28-18-31(33(7)19-22(28)4)25-11-9-8-10-21(25)3;2*1-17-9-11-22-23-12-10-20(14-27(23)29-26(22)13-17)24-15-25(28(4)16-19(24)3)21-8-6-5-7-18(21)2/h6-7,10-15,18-22H,8-9,16-17H2,1-5H3;8-20H,1-7H3;2*5-16H,1-4H3/q4*+1/i1D3,4D3,22D;1D3,4D3,5D3,20D;2*3D3. The van der Waals surface area contributed by atoms with Gasteiger partial charge < -0.3 is 4.42 Å². The lowest BCUT2D eigenvalue weighted by Crippen LogP contribution is -2.31. The fourth-order valence-corrected chi connectivity index (χ4v) is 20.8. The van der Waals surface area contributed by atoms with E-state index in [9.17, 15) is 0 Å². The fourth-order valence-electron chi connectivity index (χ4n) is 19.5. The first-order valence-electron chi connectivity index (χ1n) is 54.7. The van der Waals surface area contributed by atoms with Gasteiger partial charge in [0.2, 0.25) is 22.8 Å². The van der Waals surface area contributed by atoms with Gasteiger partial charge in [0.25, 0.3) is 0 Å². The average molecular weight is 1690 g/mol. The van der Waals surface area contributed by atoms with Crippen LogP contribution in [0.3, 0.4) is 0 Å². The van der Waals surface area contributed by atoms with Crippen molar-refractivity contribution in [2.45, 2.75) is 159 Å². The summed E-state index contributed by atoms with van der Waals surface area (Å²) in [7, 11) is 7.51. The Bertz CT molecular complexity index is 8160. The number of thiophene rings is 1. The van der Waals surface area contributed by atoms with E-state index in [0.29, 0.717) is 66.8 Å². The molecule has 6 heteroatoms. The minimum absolute atomic E-state index is 0.142. The van der Waals surface area contributed by atoms with Crippen molar-refractivity contribution in [3.8, 4) is 112 Å². The van der Waals surface area contributed by atoms with E-state index in [1.165, 1.54) is 45.1 Å². The van der Waals surface area contributed by atoms with Crippen LogP contribution in [0.25, 0.3) is 154 Å². The van der Waals surface area contributed by atoms with Gasteiger partial charge in [0.05, 0.1) is 0 Å². The highest BCUT2D eigenvalue weighted by molar-refractivity contribution is 7.25. The smallest absolute Gasteiger partial charge is 0.213 e. The quantitative estimate of drug-likeness (QED) is 0.125. The van der Waals surface area contributed by atoms with E-state index < -0.39 is 65.2 Å². The van der Waals surface area contributed by atoms with Crippen molar-refractivity contribution in [1.82, 2.24) is 0 Å². The molecule has 1 fully saturated rings. The van der Waals surface area contributed by atoms with Gasteiger partial charge in [0.15, 0.2) is 24.8 Å². The predicted octanol–water partition coefficient (Wildman–Crippen LogP) is 30.1. The Labute approximate surface area is 783 Å². The summed E-state index contributed by atoms with van der Waals surface area (Å²) in [4.78, 5) is 0. The molecular formula is C120H118N4OS+4. The van der Waals surface area contributed by atoms with Crippen molar-refractivity contribution in [3.63, 3.8) is 0 Å². The number of aromatic nitrogens is 4. The summed E-state index contributed by atoms with van der Waals surface area (Å²) in [5, 5.41) is 4.55. The Kier molecular flexibility index (Phi) is 16.2. The molecule has 0 amide bonds. The highest BCUT2D eigenvalue weighted by Gasteiger charge is 2.46. The zero-order valence-electron chi connectivity index (χ0n) is 96.6. The van der Waals surface area contributed by atoms with Crippen molar-refractivity contribution < 1.29 is 54.2 Å². The van der Waals surface area contributed by atoms with Gasteiger partial charge in [0.1, 0.15) is 39.4 Å². The number of nitrogens with zero attached hydrogens (tertiary/aromatic N) is 4. The monoisotopic (exact) mass is 1690 g/mol. The largest absolute Gasteiger partial charge is 0.456 e. The van der Waals surface area contributed by atoms with Crippen molar-refractivity contribution in [2.75, 3.05) is 0 Å². The van der Waals surface area contributed by atoms with E-state index in [1.54, 1.807) is 77.9 Å². The average Bonchev–Trinajstić information content (AvgIpc) is 1.52. The molecular weight excluding hydrogens is 1550 g/mol. The number of furan rings is 1. The van der Waals surface area contributed by atoms with E-state index in [1.807, 2.05) is 195 Å². The molecule has 21 rings (SSSR count). The van der Waals surface area contributed by atoms with Gasteiger partial charge in [-0.3, -0.25) is 0 Å². The van der Waals surface area contributed by atoms with E-state index in [2.05, 4.69) is 125 Å². The molecule has 3 atom stereocenters. The molecule has 0 N–H and O–H groups in total. The molecule has 5 nitrogen and oxygen atoms in total. The molecule has 3 unspecified atom stereocenters. The lowest BCUT2D eigenvalue weighted by molar-refractivity contribution is -0.660. The molecule has 626 valence electrons. The number of hydrogen-bond donors (Lipinski definition) is 0. The lowest BCUT2D eigenvalue weighted by atomic mass is 9.75. The highest BCUT2D eigenvalue weighted by atomic mass is 32.1. The Hall–Kier alpha value is -12.7. The van der Waals surface area contributed by atoms with Gasteiger partial charge in [-0.2, -0.15) is 0 Å². The van der Waals surface area contributed by atoms with E-state index in [0.717, 1.165) is 159 Å². The number of hydrogen-bond acceptors (Lipinski definition) is 2. The normalized spacial score (nSPS) is 18.3. The maximum absolute atomic E-state index is 8.74. The third kappa shape index (κ3) is 15.4. The molecule has 12 aromatic carbocycles. The van der Waals surface area contributed by atoms with Crippen LogP contribution in [0.2, 0.25) is 0 Å². The number of aryl methyl sites for hydroxylation is 14. The second-order valence-corrected chi connectivity index (χ2v) is 36.1. The Balaban J connectivity index is 0.000000131. The lowest BCUT2D eigenvalue weighted by Gasteiger charge is -2.27. The molecule has 3 aliphatic rings. The molecule has 1 spiro atoms. The molecule has 0 bridgehead atoms. The zero-order chi connectivity index (χ0) is 107. The van der Waals surface area contributed by atoms with E-state index in [-0.39, 0.29) is 16.5 Å². The fraction of sp³-hybridized carbons (Fsp3) is 0.233. The van der Waals surface area contributed by atoms with Crippen LogP contribution in [0.1, 0.15) is 199 Å². The van der Waals surface area contributed by atoms with Crippen LogP contribution in [0.15, 0.2) is 296 Å². The number of benzene rings is 12. The maximum Gasteiger partial charge on any atom is 0.213 e. The number of rotatable bonds is 10. The molecule has 3 aliphatic carbocycles. The summed E-state index contributed by atoms with van der Waals surface area (Å²) < 4.78 is 206. The molecule has 6 heterocycles. The minimum atomic E-state index is -2.62. The van der Waals surface area contributed by atoms with Crippen LogP contribution in [-0.4, -0.2) is 0 Å². The molecule has 0 aliphatic heterocycles. The van der Waals surface area contributed by atoms with E-state index >= 15 is 0 Å². The van der Waals surface area contributed by atoms with Crippen molar-refractivity contribution in [3.05, 3.63) is 381 Å². The highest BCUT2D eigenvalue weighted by Crippen LogP contribution is 2.59. The second kappa shape index (κ2) is 33.6. The second-order valence-electron chi connectivity index (χ2n) is 35.0. The zero-order valence-corrected chi connectivity index (χ0v) is 74.5. The van der Waals surface area contributed by atoms with Gasteiger partial charge in [0, 0.05) is 142 Å². The minimum Gasteiger partial charge on any atom is -0.456 e. The van der Waals surface area contributed by atoms with Crippen LogP contribution in [0.4, 0.5) is 0 Å². The predicted molar refractivity (Wildman–Crippen MR) is 532 cm³/mol. The Morgan fingerprint density at radius 2 is 0.659 bits per heavy atom. The van der Waals surface area contributed by atoms with Crippen LogP contribution < -0.4 is 18.3 Å². The van der Waals surface area contributed by atoms with Crippen LogP contribution >= 0.6 is 11.3 Å². The molecule has 0 radical (unpaired) electrons. The number of pyridine rings is 4. The first kappa shape index (κ1) is 60.8. The van der Waals surface area contributed by atoms with Gasteiger partial charge >= 0.3 is 0 Å². The molecule has 126 heavy (non-hydrogen) atoms. The van der Waals surface area contributed by atoms with Gasteiger partial charge in [-0.25, -0.2) is 18.3 Å². The molecule has 1 saturated carbocycles. The third-order valence-corrected chi connectivity index (χ3v) is 27.5. The van der Waals surface area contributed by atoms with Crippen LogP contribution in [0.5, 0.6) is 0 Å². The van der Waals surface area contributed by atoms with Crippen molar-refractivity contribution in [2.24, 2.45) is 28.2 Å². The maximum atomic E-state index is 8.74. The van der Waals surface area contributed by atoms with Gasteiger partial charge in [-0.1, -0.05) is 230 Å². The molecule has 0 saturated heterocycles. The summed E-state index contributed by atoms with van der Waals surface area (Å²) in [5.74, 6) is -3.67. The first-order chi connectivity index (χ1) is 69.8. The van der Waals surface area contributed by atoms with Crippen LogP contribution in [-0.2, 0) is 39.0 Å². The Morgan fingerprint density at radius 3 is 1.09 bits per heavy atom. The summed E-state index contributed by atoms with van der Waals surface area (Å²) in [6, 6.07) is 87.4.